The van der Waals surface area contributed by atoms with Crippen LogP contribution >= 0.6 is 0 Å². The molecule has 2 amide bonds. The van der Waals surface area contributed by atoms with E-state index in [1.807, 2.05) is 37.3 Å². The number of pyridine rings is 1. The fourth-order valence-corrected chi connectivity index (χ4v) is 3.47. The predicted molar refractivity (Wildman–Crippen MR) is 105 cm³/mol. The molecule has 0 bridgehead atoms. The van der Waals surface area contributed by atoms with Crippen LogP contribution in [-0.4, -0.2) is 45.6 Å². The first-order valence-electron chi connectivity index (χ1n) is 9.12. The van der Waals surface area contributed by atoms with Gasteiger partial charge in [0.1, 0.15) is 11.4 Å². The Kier molecular flexibility index (Phi) is 4.43. The molecule has 1 saturated heterocycles. The Bertz CT molecular complexity index is 1120. The number of likely N-dealkylation sites (N-methyl/N-ethyl adjacent to an activating group) is 1. The second-order valence-electron chi connectivity index (χ2n) is 7.27. The first-order chi connectivity index (χ1) is 13.8. The van der Waals surface area contributed by atoms with Gasteiger partial charge in [0.2, 0.25) is 5.60 Å². The lowest BCUT2D eigenvalue weighted by Crippen LogP contribution is -2.35. The van der Waals surface area contributed by atoms with Crippen molar-refractivity contribution in [1.82, 2.24) is 15.0 Å². The minimum absolute atomic E-state index is 0.122. The monoisotopic (exact) mass is 392 g/mol. The van der Waals surface area contributed by atoms with Crippen molar-refractivity contribution in [3.63, 3.8) is 0 Å². The molecule has 4 rings (SSSR count). The van der Waals surface area contributed by atoms with Crippen molar-refractivity contribution in [3.8, 4) is 22.5 Å². The van der Waals surface area contributed by atoms with Gasteiger partial charge in [-0.2, -0.15) is 0 Å². The summed E-state index contributed by atoms with van der Waals surface area (Å²) in [4.78, 5) is 29.6. The Labute approximate surface area is 166 Å². The third kappa shape index (κ3) is 3.27. The van der Waals surface area contributed by atoms with Crippen molar-refractivity contribution in [3.05, 3.63) is 59.5 Å². The normalized spacial score (nSPS) is 19.0. The average Bonchev–Trinajstić information content (AvgIpc) is 3.30. The van der Waals surface area contributed by atoms with Gasteiger partial charge in [-0.15, -0.1) is 0 Å². The molecule has 1 fully saturated rings. The first-order valence-corrected chi connectivity index (χ1v) is 9.12. The highest BCUT2D eigenvalue weighted by Crippen LogP contribution is 2.35. The number of aromatic nitrogens is 2. The number of amides is 2. The number of carbonyl (C=O) groups excluding carboxylic acids is 2. The third-order valence-electron chi connectivity index (χ3n) is 5.10. The van der Waals surface area contributed by atoms with Crippen molar-refractivity contribution in [2.75, 3.05) is 13.6 Å². The molecule has 0 aliphatic carbocycles. The molecule has 3 heterocycles. The smallest absolute Gasteiger partial charge is 0.267 e. The summed E-state index contributed by atoms with van der Waals surface area (Å²) in [5.74, 6) is -0.875. The van der Waals surface area contributed by atoms with Crippen LogP contribution in [0.3, 0.4) is 0 Å². The van der Waals surface area contributed by atoms with Crippen LogP contribution in [0.25, 0.3) is 22.5 Å². The van der Waals surface area contributed by atoms with Gasteiger partial charge in [0.05, 0.1) is 5.69 Å². The van der Waals surface area contributed by atoms with E-state index in [9.17, 15) is 14.7 Å². The molecule has 2 aromatic heterocycles. The molecule has 0 radical (unpaired) electrons. The van der Waals surface area contributed by atoms with E-state index in [0.717, 1.165) is 16.7 Å². The van der Waals surface area contributed by atoms with Crippen LogP contribution in [0.4, 0.5) is 0 Å². The number of nitrogens with zero attached hydrogens (tertiary/aromatic N) is 3. The number of nitrogens with two attached hydrogens (primary N) is 1. The van der Waals surface area contributed by atoms with E-state index in [-0.39, 0.29) is 17.9 Å². The van der Waals surface area contributed by atoms with E-state index >= 15 is 0 Å². The maximum atomic E-state index is 12.3. The van der Waals surface area contributed by atoms with Crippen LogP contribution in [0.1, 0.15) is 28.2 Å². The van der Waals surface area contributed by atoms with Crippen LogP contribution < -0.4 is 5.73 Å². The van der Waals surface area contributed by atoms with Crippen LogP contribution in [-0.2, 0) is 10.4 Å². The zero-order valence-electron chi connectivity index (χ0n) is 16.0. The molecule has 8 nitrogen and oxygen atoms in total. The van der Waals surface area contributed by atoms with Crippen LogP contribution in [0.2, 0.25) is 0 Å². The summed E-state index contributed by atoms with van der Waals surface area (Å²) in [5, 5.41) is 14.8. The SMILES string of the molecule is Cc1cc(C(N)=O)nc(-c2cccc(-c3cc([C@]4(O)CCN(C)C4=O)on3)c2)c1. The molecule has 148 valence electrons. The zero-order valence-corrected chi connectivity index (χ0v) is 16.0. The largest absolute Gasteiger partial charge is 0.373 e. The van der Waals surface area contributed by atoms with E-state index in [0.29, 0.717) is 17.9 Å². The van der Waals surface area contributed by atoms with Gasteiger partial charge in [-0.05, 0) is 30.7 Å². The van der Waals surface area contributed by atoms with Crippen molar-refractivity contribution in [2.24, 2.45) is 5.73 Å². The average molecular weight is 392 g/mol. The van der Waals surface area contributed by atoms with Gasteiger partial charge < -0.3 is 20.3 Å². The minimum Gasteiger partial charge on any atom is -0.373 e. The molecule has 29 heavy (non-hydrogen) atoms. The number of hydrogen-bond acceptors (Lipinski definition) is 6. The number of benzene rings is 1. The molecule has 3 aromatic rings. The molecular weight excluding hydrogens is 372 g/mol. The lowest BCUT2D eigenvalue weighted by Gasteiger charge is -2.16. The third-order valence-corrected chi connectivity index (χ3v) is 5.10. The summed E-state index contributed by atoms with van der Waals surface area (Å²) in [5.41, 5.74) is 7.33. The fraction of sp³-hybridized carbons (Fsp3) is 0.238. The number of hydrogen-bond donors (Lipinski definition) is 2. The second kappa shape index (κ2) is 6.82. The van der Waals surface area contributed by atoms with Gasteiger partial charge in [-0.25, -0.2) is 4.98 Å². The van der Waals surface area contributed by atoms with E-state index in [2.05, 4.69) is 10.1 Å². The van der Waals surface area contributed by atoms with Crippen molar-refractivity contribution < 1.29 is 19.2 Å². The maximum Gasteiger partial charge on any atom is 0.267 e. The number of rotatable bonds is 4. The van der Waals surface area contributed by atoms with Crippen LogP contribution in [0.5, 0.6) is 0 Å². The van der Waals surface area contributed by atoms with Gasteiger partial charge in [0, 0.05) is 37.2 Å². The van der Waals surface area contributed by atoms with E-state index in [1.165, 1.54) is 4.90 Å². The summed E-state index contributed by atoms with van der Waals surface area (Å²) < 4.78 is 5.32. The Balaban J connectivity index is 1.70. The van der Waals surface area contributed by atoms with E-state index in [4.69, 9.17) is 10.3 Å². The summed E-state index contributed by atoms with van der Waals surface area (Å²) in [7, 11) is 1.64. The van der Waals surface area contributed by atoms with Gasteiger partial charge in [-0.1, -0.05) is 23.4 Å². The molecule has 8 heteroatoms. The number of aliphatic hydroxyl groups is 1. The minimum atomic E-state index is -1.69. The van der Waals surface area contributed by atoms with Crippen LogP contribution in [0, 0.1) is 6.92 Å². The molecule has 0 spiro atoms. The standard InChI is InChI=1S/C21H20N4O4/c1-12-8-15(23-17(9-12)19(22)26)13-4-3-5-14(10-13)16-11-18(29-24-16)21(28)6-7-25(2)20(21)27/h3-5,8-11,28H,6-7H2,1-2H3,(H2,22,26)/t21-/m1/s1. The highest BCUT2D eigenvalue weighted by molar-refractivity contribution is 5.91. The number of carbonyl (C=O) groups is 2. The quantitative estimate of drug-likeness (QED) is 0.699. The van der Waals surface area contributed by atoms with Crippen molar-refractivity contribution >= 4 is 11.8 Å². The molecule has 1 aliphatic heterocycles. The van der Waals surface area contributed by atoms with Crippen LogP contribution in [0.15, 0.2) is 47.0 Å². The molecule has 0 unspecified atom stereocenters. The predicted octanol–water partition coefficient (Wildman–Crippen LogP) is 1.86. The first kappa shape index (κ1) is 18.8. The molecule has 1 aromatic carbocycles. The molecule has 1 aliphatic rings. The fourth-order valence-electron chi connectivity index (χ4n) is 3.47. The summed E-state index contributed by atoms with van der Waals surface area (Å²) >= 11 is 0. The lowest BCUT2D eigenvalue weighted by molar-refractivity contribution is -0.144. The molecule has 0 saturated carbocycles. The van der Waals surface area contributed by atoms with Gasteiger partial charge in [0.15, 0.2) is 5.76 Å². The summed E-state index contributed by atoms with van der Waals surface area (Å²) in [6.45, 7) is 2.31. The highest BCUT2D eigenvalue weighted by Gasteiger charge is 2.48. The Morgan fingerprint density at radius 3 is 2.59 bits per heavy atom. The van der Waals surface area contributed by atoms with Crippen molar-refractivity contribution in [2.45, 2.75) is 18.9 Å². The maximum absolute atomic E-state index is 12.3. The van der Waals surface area contributed by atoms with Gasteiger partial charge in [-0.3, -0.25) is 9.59 Å². The molecule has 1 atom stereocenters. The Morgan fingerprint density at radius 2 is 1.93 bits per heavy atom. The highest BCUT2D eigenvalue weighted by atomic mass is 16.5. The second-order valence-corrected chi connectivity index (χ2v) is 7.27. The van der Waals surface area contributed by atoms with Gasteiger partial charge in [0.25, 0.3) is 11.8 Å². The summed E-state index contributed by atoms with van der Waals surface area (Å²) in [6.07, 6.45) is 0.250. The zero-order chi connectivity index (χ0) is 20.8. The Morgan fingerprint density at radius 1 is 1.21 bits per heavy atom. The molecular formula is C21H20N4O4. The number of primary amides is 1. The van der Waals surface area contributed by atoms with Gasteiger partial charge >= 0.3 is 0 Å². The number of likely N-dealkylation sites (tertiary alicyclic amines) is 1. The molecule has 3 N–H and O–H groups in total. The van der Waals surface area contributed by atoms with Crippen molar-refractivity contribution in [1.29, 1.82) is 0 Å². The lowest BCUT2D eigenvalue weighted by atomic mass is 9.97. The van der Waals surface area contributed by atoms with E-state index < -0.39 is 17.4 Å². The summed E-state index contributed by atoms with van der Waals surface area (Å²) in [6, 6.07) is 12.4. The number of aryl methyl sites for hydroxylation is 1. The topological polar surface area (TPSA) is 123 Å². The Hall–Kier alpha value is -3.52. The van der Waals surface area contributed by atoms with E-state index in [1.54, 1.807) is 19.2 Å².